The van der Waals surface area contributed by atoms with Gasteiger partial charge in [0.25, 0.3) is 5.91 Å². The zero-order valence-corrected chi connectivity index (χ0v) is 11.6. The number of nitrogens with zero attached hydrogens (tertiary/aromatic N) is 1. The van der Waals surface area contributed by atoms with E-state index in [4.69, 9.17) is 23.2 Å². The van der Waals surface area contributed by atoms with Crippen LogP contribution in [0.2, 0.25) is 10.0 Å². The third-order valence-corrected chi connectivity index (χ3v) is 2.89. The second-order valence-corrected chi connectivity index (χ2v) is 4.66. The highest BCUT2D eigenvalue weighted by Crippen LogP contribution is 2.23. The molecule has 1 amide bonds. The van der Waals surface area contributed by atoms with E-state index in [1.165, 1.54) is 6.20 Å². The van der Waals surface area contributed by atoms with Gasteiger partial charge in [-0.05, 0) is 24.3 Å². The maximum absolute atomic E-state index is 12.1. The molecular weight excluding hydrogens is 285 g/mol. The van der Waals surface area contributed by atoms with Gasteiger partial charge in [-0.2, -0.15) is 0 Å². The standard InChI is InChI=1S/C13H11Cl2N3O/c1-16-12-2-3-17-7-11(12)13(19)18-10-5-8(14)4-9(15)6-10/h2-7H,1H3,(H,16,17)(H,18,19). The average Bonchev–Trinajstić information content (AvgIpc) is 2.37. The highest BCUT2D eigenvalue weighted by molar-refractivity contribution is 6.35. The molecule has 0 saturated carbocycles. The molecule has 1 aromatic carbocycles. The number of benzene rings is 1. The van der Waals surface area contributed by atoms with Crippen molar-refractivity contribution in [2.75, 3.05) is 17.7 Å². The molecule has 0 atom stereocenters. The first kappa shape index (κ1) is 13.6. The largest absolute Gasteiger partial charge is 0.387 e. The van der Waals surface area contributed by atoms with E-state index in [9.17, 15) is 4.79 Å². The Hall–Kier alpha value is -1.78. The minimum absolute atomic E-state index is 0.282. The van der Waals surface area contributed by atoms with Gasteiger partial charge in [0.05, 0.1) is 5.56 Å². The molecule has 98 valence electrons. The van der Waals surface area contributed by atoms with Crippen LogP contribution in [0.4, 0.5) is 11.4 Å². The van der Waals surface area contributed by atoms with Crippen LogP contribution < -0.4 is 10.6 Å². The van der Waals surface area contributed by atoms with E-state index < -0.39 is 0 Å². The maximum atomic E-state index is 12.1. The molecule has 0 bridgehead atoms. The van der Waals surface area contributed by atoms with Crippen molar-refractivity contribution in [2.24, 2.45) is 0 Å². The fraction of sp³-hybridized carbons (Fsp3) is 0.0769. The molecule has 0 aliphatic heterocycles. The summed E-state index contributed by atoms with van der Waals surface area (Å²) in [6, 6.07) is 6.57. The second-order valence-electron chi connectivity index (χ2n) is 3.78. The van der Waals surface area contributed by atoms with Gasteiger partial charge in [-0.15, -0.1) is 0 Å². The number of halogens is 2. The minimum atomic E-state index is -0.282. The van der Waals surface area contributed by atoms with Gasteiger partial charge in [-0.1, -0.05) is 23.2 Å². The van der Waals surface area contributed by atoms with Crippen LogP contribution in [-0.2, 0) is 0 Å². The lowest BCUT2D eigenvalue weighted by Crippen LogP contribution is -2.14. The molecule has 1 aromatic heterocycles. The molecule has 4 nitrogen and oxygen atoms in total. The lowest BCUT2D eigenvalue weighted by atomic mass is 10.2. The van der Waals surface area contributed by atoms with Crippen molar-refractivity contribution >= 4 is 40.5 Å². The van der Waals surface area contributed by atoms with Gasteiger partial charge >= 0.3 is 0 Å². The SMILES string of the molecule is CNc1ccncc1C(=O)Nc1cc(Cl)cc(Cl)c1. The van der Waals surface area contributed by atoms with Crippen LogP contribution in [0, 0.1) is 0 Å². The summed E-state index contributed by atoms with van der Waals surface area (Å²) in [6.07, 6.45) is 3.10. The summed E-state index contributed by atoms with van der Waals surface area (Å²) in [5.41, 5.74) is 1.68. The molecule has 2 aromatic rings. The van der Waals surface area contributed by atoms with Crippen molar-refractivity contribution in [3.05, 3.63) is 52.3 Å². The first-order valence-electron chi connectivity index (χ1n) is 5.49. The Morgan fingerprint density at radius 1 is 1.21 bits per heavy atom. The Bertz CT molecular complexity index is 596. The molecule has 0 aliphatic rings. The van der Waals surface area contributed by atoms with E-state index >= 15 is 0 Å². The molecule has 0 radical (unpaired) electrons. The number of aromatic nitrogens is 1. The first-order valence-corrected chi connectivity index (χ1v) is 6.25. The van der Waals surface area contributed by atoms with Gasteiger partial charge in [-0.25, -0.2) is 0 Å². The molecule has 2 rings (SSSR count). The van der Waals surface area contributed by atoms with Crippen molar-refractivity contribution in [3.8, 4) is 0 Å². The van der Waals surface area contributed by atoms with Crippen molar-refractivity contribution in [1.29, 1.82) is 0 Å². The Morgan fingerprint density at radius 2 is 1.89 bits per heavy atom. The van der Waals surface area contributed by atoms with Gasteiger partial charge in [0.15, 0.2) is 0 Å². The summed E-state index contributed by atoms with van der Waals surface area (Å²) < 4.78 is 0. The monoisotopic (exact) mass is 295 g/mol. The van der Waals surface area contributed by atoms with Crippen LogP contribution in [0.15, 0.2) is 36.7 Å². The summed E-state index contributed by atoms with van der Waals surface area (Å²) in [7, 11) is 1.74. The zero-order valence-electron chi connectivity index (χ0n) is 10.1. The molecule has 6 heteroatoms. The number of pyridine rings is 1. The number of nitrogens with one attached hydrogen (secondary N) is 2. The molecular formula is C13H11Cl2N3O. The Labute approximate surface area is 120 Å². The Kier molecular flexibility index (Phi) is 4.24. The second kappa shape index (κ2) is 5.91. The van der Waals surface area contributed by atoms with Crippen LogP contribution in [0.1, 0.15) is 10.4 Å². The normalized spacial score (nSPS) is 10.1. The summed E-state index contributed by atoms with van der Waals surface area (Å²) in [6.45, 7) is 0. The number of carbonyl (C=O) groups excluding carboxylic acids is 1. The predicted octanol–water partition coefficient (Wildman–Crippen LogP) is 3.68. The summed E-state index contributed by atoms with van der Waals surface area (Å²) in [4.78, 5) is 16.1. The van der Waals surface area contributed by atoms with E-state index in [-0.39, 0.29) is 5.91 Å². The van der Waals surface area contributed by atoms with Crippen LogP contribution in [0.5, 0.6) is 0 Å². The van der Waals surface area contributed by atoms with Crippen LogP contribution in [0.3, 0.4) is 0 Å². The molecule has 0 fully saturated rings. The van der Waals surface area contributed by atoms with E-state index in [0.717, 1.165) is 0 Å². The third-order valence-electron chi connectivity index (χ3n) is 2.46. The minimum Gasteiger partial charge on any atom is -0.387 e. The number of hydrogen-bond donors (Lipinski definition) is 2. The van der Waals surface area contributed by atoms with Gasteiger partial charge in [0.2, 0.25) is 0 Å². The lowest BCUT2D eigenvalue weighted by Gasteiger charge is -2.09. The number of anilines is 2. The number of carbonyl (C=O) groups is 1. The summed E-state index contributed by atoms with van der Waals surface area (Å²) in [5.74, 6) is -0.282. The van der Waals surface area contributed by atoms with Crippen molar-refractivity contribution in [1.82, 2.24) is 4.98 Å². The van der Waals surface area contributed by atoms with Gasteiger partial charge in [0, 0.05) is 40.9 Å². The van der Waals surface area contributed by atoms with E-state index in [0.29, 0.717) is 27.0 Å². The summed E-state index contributed by atoms with van der Waals surface area (Å²) >= 11 is 11.8. The van der Waals surface area contributed by atoms with Crippen LogP contribution in [-0.4, -0.2) is 17.9 Å². The molecule has 0 aliphatic carbocycles. The quantitative estimate of drug-likeness (QED) is 0.908. The van der Waals surface area contributed by atoms with Crippen molar-refractivity contribution in [2.45, 2.75) is 0 Å². The van der Waals surface area contributed by atoms with Crippen LogP contribution >= 0.6 is 23.2 Å². The predicted molar refractivity (Wildman–Crippen MR) is 78.2 cm³/mol. The smallest absolute Gasteiger partial charge is 0.259 e. The van der Waals surface area contributed by atoms with Gasteiger partial charge in [-0.3, -0.25) is 9.78 Å². The van der Waals surface area contributed by atoms with E-state index in [2.05, 4.69) is 15.6 Å². The molecule has 0 saturated heterocycles. The average molecular weight is 296 g/mol. The summed E-state index contributed by atoms with van der Waals surface area (Å²) in [5, 5.41) is 6.58. The van der Waals surface area contributed by atoms with Gasteiger partial charge < -0.3 is 10.6 Å². The highest BCUT2D eigenvalue weighted by atomic mass is 35.5. The molecule has 19 heavy (non-hydrogen) atoms. The van der Waals surface area contributed by atoms with Crippen molar-refractivity contribution in [3.63, 3.8) is 0 Å². The number of amides is 1. The fourth-order valence-corrected chi connectivity index (χ4v) is 2.14. The number of hydrogen-bond acceptors (Lipinski definition) is 3. The molecule has 0 spiro atoms. The third kappa shape index (κ3) is 3.36. The van der Waals surface area contributed by atoms with Crippen molar-refractivity contribution < 1.29 is 4.79 Å². The topological polar surface area (TPSA) is 54.0 Å². The fourth-order valence-electron chi connectivity index (χ4n) is 1.62. The Balaban J connectivity index is 2.25. The molecule has 0 unspecified atom stereocenters. The highest BCUT2D eigenvalue weighted by Gasteiger charge is 2.11. The zero-order chi connectivity index (χ0) is 13.8. The van der Waals surface area contributed by atoms with Gasteiger partial charge in [0.1, 0.15) is 0 Å². The number of rotatable bonds is 3. The molecule has 2 N–H and O–H groups in total. The van der Waals surface area contributed by atoms with Crippen LogP contribution in [0.25, 0.3) is 0 Å². The van der Waals surface area contributed by atoms with E-state index in [1.807, 2.05) is 0 Å². The van der Waals surface area contributed by atoms with E-state index in [1.54, 1.807) is 37.5 Å². The first-order chi connectivity index (χ1) is 9.10. The lowest BCUT2D eigenvalue weighted by molar-refractivity contribution is 0.102. The maximum Gasteiger partial charge on any atom is 0.259 e. The Morgan fingerprint density at radius 3 is 2.53 bits per heavy atom. The molecule has 1 heterocycles.